The summed E-state index contributed by atoms with van der Waals surface area (Å²) in [5, 5.41) is 13.9. The molecule has 1 saturated heterocycles. The van der Waals surface area contributed by atoms with E-state index in [-0.39, 0.29) is 34.9 Å². The number of piperidine rings is 1. The third-order valence-corrected chi connectivity index (χ3v) is 7.35. The Morgan fingerprint density at radius 3 is 2.48 bits per heavy atom. The summed E-state index contributed by atoms with van der Waals surface area (Å²) in [6.45, 7) is 3.91. The van der Waals surface area contributed by atoms with Crippen molar-refractivity contribution in [2.75, 3.05) is 30.3 Å². The van der Waals surface area contributed by atoms with E-state index in [1.165, 1.54) is 12.1 Å². The van der Waals surface area contributed by atoms with Gasteiger partial charge >= 0.3 is 0 Å². The fourth-order valence-corrected chi connectivity index (χ4v) is 4.98. The van der Waals surface area contributed by atoms with Gasteiger partial charge < -0.3 is 10.2 Å². The molecule has 0 aromatic heterocycles. The topological polar surface area (TPSA) is 110 Å². The third kappa shape index (κ3) is 5.81. The number of nitrogens with zero attached hydrogens (tertiary/aromatic N) is 2. The first-order chi connectivity index (χ1) is 14.8. The van der Waals surface area contributed by atoms with Crippen molar-refractivity contribution in [2.24, 2.45) is 5.92 Å². The molecule has 1 aliphatic rings. The predicted octanol–water partition coefficient (Wildman–Crippen LogP) is 3.42. The molecule has 0 bridgehead atoms. The highest BCUT2D eigenvalue weighted by molar-refractivity contribution is 7.91. The van der Waals surface area contributed by atoms with Gasteiger partial charge in [0.2, 0.25) is 0 Å². The number of benzene rings is 2. The molecule has 8 nitrogen and oxygen atoms in total. The molecule has 3 rings (SSSR count). The molecule has 2 aromatic rings. The first-order valence-electron chi connectivity index (χ1n) is 10.4. The Morgan fingerprint density at radius 2 is 1.84 bits per heavy atom. The van der Waals surface area contributed by atoms with Gasteiger partial charge in [-0.3, -0.25) is 14.9 Å². The highest BCUT2D eigenvalue weighted by atomic mass is 32.2. The van der Waals surface area contributed by atoms with E-state index in [2.05, 4.69) is 17.1 Å². The molecule has 0 atom stereocenters. The number of hydrogen-bond acceptors (Lipinski definition) is 6. The van der Waals surface area contributed by atoms with E-state index < -0.39 is 20.7 Å². The van der Waals surface area contributed by atoms with Crippen LogP contribution in [0.4, 0.5) is 11.4 Å². The molecule has 9 heteroatoms. The molecule has 166 valence electrons. The van der Waals surface area contributed by atoms with Gasteiger partial charge in [-0.15, -0.1) is 0 Å². The summed E-state index contributed by atoms with van der Waals surface area (Å²) in [6.07, 6.45) is 2.24. The maximum absolute atomic E-state index is 12.8. The van der Waals surface area contributed by atoms with Crippen LogP contribution >= 0.6 is 0 Å². The third-order valence-electron chi connectivity index (χ3n) is 5.54. The minimum absolute atomic E-state index is 0.0941. The Labute approximate surface area is 182 Å². The van der Waals surface area contributed by atoms with E-state index in [0.29, 0.717) is 11.6 Å². The summed E-state index contributed by atoms with van der Waals surface area (Å²) >= 11 is 0. The second-order valence-electron chi connectivity index (χ2n) is 7.87. The van der Waals surface area contributed by atoms with E-state index in [1.807, 2.05) is 0 Å². The fourth-order valence-electron chi connectivity index (χ4n) is 3.65. The Morgan fingerprint density at radius 1 is 1.16 bits per heavy atom. The van der Waals surface area contributed by atoms with E-state index in [1.54, 1.807) is 36.4 Å². The van der Waals surface area contributed by atoms with Gasteiger partial charge in [0.05, 0.1) is 26.8 Å². The highest BCUT2D eigenvalue weighted by Gasteiger charge is 2.23. The van der Waals surface area contributed by atoms with Crippen molar-refractivity contribution in [3.8, 4) is 0 Å². The highest BCUT2D eigenvalue weighted by Crippen LogP contribution is 2.29. The zero-order valence-corrected chi connectivity index (χ0v) is 18.3. The predicted molar refractivity (Wildman–Crippen MR) is 119 cm³/mol. The molecule has 0 aliphatic carbocycles. The van der Waals surface area contributed by atoms with Crippen LogP contribution in [0.1, 0.15) is 36.5 Å². The minimum atomic E-state index is -3.42. The minimum Gasteiger partial charge on any atom is -0.371 e. The zero-order chi connectivity index (χ0) is 22.4. The van der Waals surface area contributed by atoms with Gasteiger partial charge in [0.1, 0.15) is 0 Å². The molecule has 0 radical (unpaired) electrons. The van der Waals surface area contributed by atoms with Gasteiger partial charge in [-0.05, 0) is 43.4 Å². The van der Waals surface area contributed by atoms with Crippen LogP contribution < -0.4 is 10.2 Å². The molecule has 1 heterocycles. The summed E-state index contributed by atoms with van der Waals surface area (Å²) < 4.78 is 24.7. The van der Waals surface area contributed by atoms with Crippen LogP contribution in [0.25, 0.3) is 0 Å². The van der Waals surface area contributed by atoms with E-state index in [4.69, 9.17) is 0 Å². The van der Waals surface area contributed by atoms with Crippen molar-refractivity contribution in [3.63, 3.8) is 0 Å². The van der Waals surface area contributed by atoms with E-state index >= 15 is 0 Å². The van der Waals surface area contributed by atoms with Crippen molar-refractivity contribution in [1.29, 1.82) is 0 Å². The molecule has 1 fully saturated rings. The number of sulfone groups is 1. The Bertz CT molecular complexity index is 1030. The number of carbonyl (C=O) groups excluding carboxylic acids is 1. The lowest BCUT2D eigenvalue weighted by atomic mass is 9.98. The number of hydrogen-bond donors (Lipinski definition) is 1. The van der Waals surface area contributed by atoms with Crippen molar-refractivity contribution in [2.45, 2.75) is 31.1 Å². The standard InChI is InChI=1S/C22H27N3O5S/c1-17-10-13-24(14-11-17)21-9-8-18(25(27)28)16-20(21)22(26)23-12-5-15-31(29,30)19-6-3-2-4-7-19/h2-4,6-9,16-17H,5,10-15H2,1H3,(H,23,26). The monoisotopic (exact) mass is 445 g/mol. The van der Waals surface area contributed by atoms with Gasteiger partial charge in [-0.1, -0.05) is 25.1 Å². The van der Waals surface area contributed by atoms with Gasteiger partial charge in [0.25, 0.3) is 11.6 Å². The van der Waals surface area contributed by atoms with Crippen LogP contribution in [0.15, 0.2) is 53.4 Å². The normalized spacial score (nSPS) is 14.9. The van der Waals surface area contributed by atoms with Crippen LogP contribution in [-0.2, 0) is 9.84 Å². The Balaban J connectivity index is 1.67. The lowest BCUT2D eigenvalue weighted by Gasteiger charge is -2.33. The number of carbonyl (C=O) groups is 1. The molecular weight excluding hydrogens is 418 g/mol. The molecular formula is C22H27N3O5S. The van der Waals surface area contributed by atoms with Crippen molar-refractivity contribution < 1.29 is 18.1 Å². The van der Waals surface area contributed by atoms with Crippen LogP contribution in [0.2, 0.25) is 0 Å². The molecule has 1 aliphatic heterocycles. The number of nitro groups is 1. The van der Waals surface area contributed by atoms with Crippen molar-refractivity contribution >= 4 is 27.1 Å². The van der Waals surface area contributed by atoms with Crippen LogP contribution in [0, 0.1) is 16.0 Å². The van der Waals surface area contributed by atoms with Crippen LogP contribution in [-0.4, -0.2) is 44.6 Å². The summed E-state index contributed by atoms with van der Waals surface area (Å²) in [6, 6.07) is 12.5. The summed E-state index contributed by atoms with van der Waals surface area (Å²) in [7, 11) is -3.42. The zero-order valence-electron chi connectivity index (χ0n) is 17.5. The lowest BCUT2D eigenvalue weighted by Crippen LogP contribution is -2.35. The molecule has 1 N–H and O–H groups in total. The molecule has 0 spiro atoms. The van der Waals surface area contributed by atoms with Crippen LogP contribution in [0.5, 0.6) is 0 Å². The largest absolute Gasteiger partial charge is 0.371 e. The van der Waals surface area contributed by atoms with Gasteiger partial charge in [-0.25, -0.2) is 8.42 Å². The van der Waals surface area contributed by atoms with E-state index in [9.17, 15) is 23.3 Å². The number of anilines is 1. The van der Waals surface area contributed by atoms with Gasteiger partial charge in [-0.2, -0.15) is 0 Å². The average Bonchev–Trinajstić information content (AvgIpc) is 2.77. The lowest BCUT2D eigenvalue weighted by molar-refractivity contribution is -0.384. The van der Waals surface area contributed by atoms with E-state index in [0.717, 1.165) is 25.9 Å². The van der Waals surface area contributed by atoms with Gasteiger partial charge in [0, 0.05) is 31.8 Å². The van der Waals surface area contributed by atoms with Crippen molar-refractivity contribution in [3.05, 3.63) is 64.2 Å². The number of nitrogens with one attached hydrogen (secondary N) is 1. The molecule has 31 heavy (non-hydrogen) atoms. The smallest absolute Gasteiger partial charge is 0.270 e. The maximum atomic E-state index is 12.8. The average molecular weight is 446 g/mol. The SMILES string of the molecule is CC1CCN(c2ccc([N+](=O)[O-])cc2C(=O)NCCCS(=O)(=O)c2ccccc2)CC1. The maximum Gasteiger partial charge on any atom is 0.270 e. The molecule has 1 amide bonds. The van der Waals surface area contributed by atoms with Crippen LogP contribution in [0.3, 0.4) is 0 Å². The first-order valence-corrected chi connectivity index (χ1v) is 12.0. The number of rotatable bonds is 8. The quantitative estimate of drug-likeness (QED) is 0.379. The van der Waals surface area contributed by atoms with Gasteiger partial charge in [0.15, 0.2) is 9.84 Å². The summed E-state index contributed by atoms with van der Waals surface area (Å²) in [4.78, 5) is 25.8. The summed E-state index contributed by atoms with van der Waals surface area (Å²) in [5.74, 6) is 0.0795. The molecule has 0 saturated carbocycles. The summed E-state index contributed by atoms with van der Waals surface area (Å²) in [5.41, 5.74) is 0.771. The second-order valence-corrected chi connectivity index (χ2v) is 9.98. The Kier molecular flexibility index (Phi) is 7.27. The number of amides is 1. The fraction of sp³-hybridized carbons (Fsp3) is 0.409. The number of non-ortho nitro benzene ring substituents is 1. The Hall–Kier alpha value is -2.94. The molecule has 2 aromatic carbocycles. The second kappa shape index (κ2) is 9.91. The first kappa shape index (κ1) is 22.7. The van der Waals surface area contributed by atoms with Crippen molar-refractivity contribution in [1.82, 2.24) is 5.32 Å². The molecule has 0 unspecified atom stereocenters. The number of nitro benzene ring substituents is 1.